The Kier molecular flexibility index (Phi) is 6.25. The van der Waals surface area contributed by atoms with Gasteiger partial charge in [0.15, 0.2) is 0 Å². The molecule has 150 valence electrons. The predicted octanol–water partition coefficient (Wildman–Crippen LogP) is 3.01. The third-order valence-corrected chi connectivity index (χ3v) is 4.12. The van der Waals surface area contributed by atoms with Crippen LogP contribution in [0.5, 0.6) is 0 Å². The lowest BCUT2D eigenvalue weighted by Crippen LogP contribution is -2.14. The van der Waals surface area contributed by atoms with Crippen molar-refractivity contribution < 1.29 is 28.9 Å². The predicted molar refractivity (Wildman–Crippen MR) is 105 cm³/mol. The number of aliphatic hydroxyl groups is 1. The molecule has 3 rings (SSSR count). The maximum atomic E-state index is 12.3. The van der Waals surface area contributed by atoms with Crippen molar-refractivity contribution in [2.75, 3.05) is 20.8 Å². The summed E-state index contributed by atoms with van der Waals surface area (Å²) in [6.45, 7) is -0.167. The fraction of sp³-hybridized carbons (Fsp3) is 0.190. The molecule has 0 aliphatic carbocycles. The quantitative estimate of drug-likeness (QED) is 0.359. The van der Waals surface area contributed by atoms with E-state index in [1.807, 2.05) is 12.1 Å². The van der Waals surface area contributed by atoms with Crippen molar-refractivity contribution in [2.24, 2.45) is 0 Å². The highest BCUT2D eigenvalue weighted by atomic mass is 16.5. The first kappa shape index (κ1) is 20.1. The van der Waals surface area contributed by atoms with Crippen LogP contribution in [0.4, 0.5) is 0 Å². The number of aliphatic hydroxyl groups excluding tert-OH is 1. The normalized spacial score (nSPS) is 11.8. The lowest BCUT2D eigenvalue weighted by molar-refractivity contribution is -0.133. The first-order valence-electron chi connectivity index (χ1n) is 8.74. The van der Waals surface area contributed by atoms with Crippen LogP contribution in [0.15, 0.2) is 54.3 Å². The Morgan fingerprint density at radius 3 is 2.62 bits per heavy atom. The number of imidazole rings is 1. The lowest BCUT2D eigenvalue weighted by Gasteiger charge is -2.09. The highest BCUT2D eigenvalue weighted by Gasteiger charge is 2.23. The van der Waals surface area contributed by atoms with Crippen LogP contribution in [0.1, 0.15) is 21.7 Å². The number of fused-ring (bicyclic) bond motifs is 1. The number of benzene rings is 2. The molecule has 8 nitrogen and oxygen atoms in total. The first-order valence-corrected chi connectivity index (χ1v) is 8.74. The number of hydrogen-bond donors (Lipinski definition) is 2. The molecule has 0 atom stereocenters. The van der Waals surface area contributed by atoms with E-state index in [4.69, 9.17) is 14.2 Å². The van der Waals surface area contributed by atoms with E-state index in [9.17, 15) is 14.7 Å². The Morgan fingerprint density at radius 1 is 1.10 bits per heavy atom. The number of aromatic amines is 1. The summed E-state index contributed by atoms with van der Waals surface area (Å²) < 4.78 is 14.9. The number of aromatic nitrogens is 2. The molecule has 3 aromatic rings. The Hall–Kier alpha value is -3.65. The zero-order chi connectivity index (χ0) is 20.8. The number of carbonyl (C=O) groups excluding carboxylic acids is 2. The van der Waals surface area contributed by atoms with E-state index in [-0.39, 0.29) is 11.4 Å². The minimum Gasteiger partial charge on any atom is -0.508 e. The van der Waals surface area contributed by atoms with Gasteiger partial charge in [0.1, 0.15) is 23.8 Å². The van der Waals surface area contributed by atoms with E-state index < -0.39 is 24.3 Å². The minimum absolute atomic E-state index is 0.119. The monoisotopic (exact) mass is 396 g/mol. The Labute approximate surface area is 166 Å². The number of hydrogen-bond acceptors (Lipinski definition) is 7. The molecule has 0 amide bonds. The maximum Gasteiger partial charge on any atom is 0.345 e. The number of esters is 2. The van der Waals surface area contributed by atoms with Crippen LogP contribution in [0, 0.1) is 0 Å². The molecule has 8 heteroatoms. The van der Waals surface area contributed by atoms with Gasteiger partial charge in [0.05, 0.1) is 30.3 Å². The zero-order valence-corrected chi connectivity index (χ0v) is 16.0. The number of ether oxygens (including phenoxy) is 3. The van der Waals surface area contributed by atoms with Gasteiger partial charge in [-0.3, -0.25) is 0 Å². The van der Waals surface area contributed by atoms with Crippen LogP contribution in [-0.2, 0) is 25.6 Å². The molecule has 0 unspecified atom stereocenters. The molecule has 0 saturated carbocycles. The number of carbonyl (C=O) groups is 2. The van der Waals surface area contributed by atoms with Gasteiger partial charge in [0.25, 0.3) is 0 Å². The van der Waals surface area contributed by atoms with E-state index in [2.05, 4.69) is 9.97 Å². The topological polar surface area (TPSA) is 111 Å². The summed E-state index contributed by atoms with van der Waals surface area (Å²) in [5.74, 6) is -1.81. The molecule has 2 aromatic carbocycles. The van der Waals surface area contributed by atoms with Crippen LogP contribution in [0.2, 0.25) is 0 Å². The van der Waals surface area contributed by atoms with Gasteiger partial charge in [-0.15, -0.1) is 0 Å². The number of nitrogens with one attached hydrogen (secondary N) is 1. The lowest BCUT2D eigenvalue weighted by atomic mass is 10.1. The molecule has 0 spiro atoms. The number of H-pyrrole nitrogens is 1. The first-order chi connectivity index (χ1) is 14.0. The van der Waals surface area contributed by atoms with Gasteiger partial charge in [0.2, 0.25) is 0 Å². The smallest absolute Gasteiger partial charge is 0.345 e. The van der Waals surface area contributed by atoms with E-state index in [0.717, 1.165) is 5.56 Å². The van der Waals surface area contributed by atoms with Crippen molar-refractivity contribution >= 4 is 28.5 Å². The number of nitrogens with zero attached hydrogens (tertiary/aromatic N) is 1. The summed E-state index contributed by atoms with van der Waals surface area (Å²) in [5.41, 5.74) is 2.20. The van der Waals surface area contributed by atoms with Crippen molar-refractivity contribution in [1.29, 1.82) is 0 Å². The van der Waals surface area contributed by atoms with E-state index in [1.165, 1.54) is 7.11 Å². The molecule has 0 bridgehead atoms. The Morgan fingerprint density at radius 2 is 1.90 bits per heavy atom. The van der Waals surface area contributed by atoms with Crippen LogP contribution >= 0.6 is 0 Å². The SMILES string of the molecule is COCc1cccc(C(=O)OC/C(O)=C(\C(=O)OC)c2nc3ccccc3[nH]2)c1. The number of para-hydroxylation sites is 2. The zero-order valence-electron chi connectivity index (χ0n) is 16.0. The van der Waals surface area contributed by atoms with Gasteiger partial charge in [-0.25, -0.2) is 14.6 Å². The summed E-state index contributed by atoms with van der Waals surface area (Å²) in [6, 6.07) is 13.9. The molecule has 0 radical (unpaired) electrons. The van der Waals surface area contributed by atoms with Gasteiger partial charge in [0, 0.05) is 7.11 Å². The Bertz CT molecular complexity index is 1040. The number of methoxy groups -OCH3 is 2. The standard InChI is InChI=1S/C21H20N2O6/c1-27-11-13-6-5-7-14(10-13)20(25)29-12-17(24)18(21(26)28-2)19-22-15-8-3-4-9-16(15)23-19/h3-10,24H,11-12H2,1-2H3,(H,22,23)/b18-17+. The van der Waals surface area contributed by atoms with E-state index in [1.54, 1.807) is 43.5 Å². The van der Waals surface area contributed by atoms with Gasteiger partial charge < -0.3 is 24.3 Å². The van der Waals surface area contributed by atoms with Gasteiger partial charge in [-0.2, -0.15) is 0 Å². The second-order valence-corrected chi connectivity index (χ2v) is 6.13. The molecule has 0 aliphatic heterocycles. The highest BCUT2D eigenvalue weighted by molar-refractivity contribution is 6.16. The van der Waals surface area contributed by atoms with Gasteiger partial charge in [-0.1, -0.05) is 24.3 Å². The average molecular weight is 396 g/mol. The third-order valence-electron chi connectivity index (χ3n) is 4.12. The average Bonchev–Trinajstić information content (AvgIpc) is 3.15. The van der Waals surface area contributed by atoms with Gasteiger partial charge >= 0.3 is 11.9 Å². The van der Waals surface area contributed by atoms with E-state index >= 15 is 0 Å². The van der Waals surface area contributed by atoms with Crippen molar-refractivity contribution in [3.63, 3.8) is 0 Å². The number of rotatable bonds is 7. The van der Waals surface area contributed by atoms with Crippen LogP contribution in [0.25, 0.3) is 16.6 Å². The fourth-order valence-corrected chi connectivity index (χ4v) is 2.77. The van der Waals surface area contributed by atoms with Crippen LogP contribution in [-0.4, -0.2) is 47.8 Å². The largest absolute Gasteiger partial charge is 0.508 e. The van der Waals surface area contributed by atoms with Crippen molar-refractivity contribution in [2.45, 2.75) is 6.61 Å². The summed E-state index contributed by atoms with van der Waals surface area (Å²) in [5, 5.41) is 10.4. The maximum absolute atomic E-state index is 12.3. The summed E-state index contributed by atoms with van der Waals surface area (Å²) in [6.07, 6.45) is 0. The second-order valence-electron chi connectivity index (χ2n) is 6.13. The Balaban J connectivity index is 1.83. The minimum atomic E-state index is -0.806. The van der Waals surface area contributed by atoms with Crippen molar-refractivity contribution in [3.05, 3.63) is 71.2 Å². The third kappa shape index (κ3) is 4.61. The van der Waals surface area contributed by atoms with Crippen LogP contribution < -0.4 is 0 Å². The summed E-state index contributed by atoms with van der Waals surface area (Å²) in [7, 11) is 2.74. The molecule has 0 saturated heterocycles. The molecule has 1 aromatic heterocycles. The van der Waals surface area contributed by atoms with Crippen molar-refractivity contribution in [1.82, 2.24) is 9.97 Å². The van der Waals surface area contributed by atoms with E-state index in [0.29, 0.717) is 23.2 Å². The molecule has 1 heterocycles. The molecular formula is C21H20N2O6. The molecule has 29 heavy (non-hydrogen) atoms. The second kappa shape index (κ2) is 9.03. The fourth-order valence-electron chi connectivity index (χ4n) is 2.77. The summed E-state index contributed by atoms with van der Waals surface area (Å²) >= 11 is 0. The molecule has 0 aliphatic rings. The molecule has 0 fully saturated rings. The molecule has 2 N–H and O–H groups in total. The van der Waals surface area contributed by atoms with Gasteiger partial charge in [-0.05, 0) is 29.8 Å². The molecular weight excluding hydrogens is 376 g/mol. The summed E-state index contributed by atoms with van der Waals surface area (Å²) in [4.78, 5) is 31.8. The highest BCUT2D eigenvalue weighted by Crippen LogP contribution is 2.21. The van der Waals surface area contributed by atoms with Crippen molar-refractivity contribution in [3.8, 4) is 0 Å². The van der Waals surface area contributed by atoms with Crippen LogP contribution in [0.3, 0.4) is 0 Å².